The van der Waals surface area contributed by atoms with Crippen LogP contribution >= 0.6 is 22.9 Å². The van der Waals surface area contributed by atoms with Crippen molar-refractivity contribution in [3.8, 4) is 0 Å². The molecule has 0 aliphatic carbocycles. The molecule has 0 aliphatic heterocycles. The normalized spacial score (nSPS) is 14.0. The smallest absolute Gasteiger partial charge is 0.269 e. The third-order valence-corrected chi connectivity index (χ3v) is 6.03. The molecule has 1 aromatic carbocycles. The lowest BCUT2D eigenvalue weighted by Crippen LogP contribution is -2.41. The number of ketones is 1. The Morgan fingerprint density at radius 1 is 1.32 bits per heavy atom. The zero-order valence-electron chi connectivity index (χ0n) is 18.4. The fourth-order valence-corrected chi connectivity index (χ4v) is 4.11. The summed E-state index contributed by atoms with van der Waals surface area (Å²) in [5.41, 5.74) is -1.04. The van der Waals surface area contributed by atoms with E-state index in [1.165, 1.54) is 34.9 Å². The second-order valence-electron chi connectivity index (χ2n) is 8.49. The van der Waals surface area contributed by atoms with Crippen molar-refractivity contribution in [3.63, 3.8) is 0 Å². The molecule has 8 heteroatoms. The molecule has 1 heterocycles. The van der Waals surface area contributed by atoms with E-state index in [-0.39, 0.29) is 39.4 Å². The third-order valence-electron chi connectivity index (χ3n) is 4.64. The Balaban J connectivity index is 2.61. The van der Waals surface area contributed by atoms with Crippen molar-refractivity contribution in [1.82, 2.24) is 9.88 Å². The van der Waals surface area contributed by atoms with E-state index in [1.54, 1.807) is 20.8 Å². The highest BCUT2D eigenvalue weighted by Crippen LogP contribution is 2.19. The van der Waals surface area contributed by atoms with Gasteiger partial charge in [0, 0.05) is 23.1 Å². The standard InChI is InChI=1S/C23H28ClFN2O3S/c1-6-8-14(2)26-20(29)13-27-21(12-19(28)23(3,4)5)31-18(22(27)30)11-15-16(24)9-7-10-17(15)25/h7,9-12,14H,6,8,13H2,1-5H3,(H,26,29). The average molecular weight is 467 g/mol. The molecule has 5 nitrogen and oxygen atoms in total. The number of halogens is 2. The molecule has 0 aliphatic rings. The van der Waals surface area contributed by atoms with E-state index in [0.29, 0.717) is 4.66 Å². The molecule has 1 aromatic heterocycles. The van der Waals surface area contributed by atoms with Gasteiger partial charge in [-0.1, -0.05) is 51.8 Å². The number of rotatable bonds is 7. The molecule has 0 radical (unpaired) electrons. The minimum atomic E-state index is -0.651. The second kappa shape index (κ2) is 10.4. The van der Waals surface area contributed by atoms with Crippen molar-refractivity contribution in [3.05, 3.63) is 54.2 Å². The van der Waals surface area contributed by atoms with Crippen LogP contribution in [0.15, 0.2) is 23.0 Å². The number of aromatic nitrogens is 1. The van der Waals surface area contributed by atoms with Crippen LogP contribution < -0.4 is 20.1 Å². The van der Waals surface area contributed by atoms with Crippen molar-refractivity contribution < 1.29 is 14.0 Å². The van der Waals surface area contributed by atoms with E-state index in [1.807, 2.05) is 13.8 Å². The van der Waals surface area contributed by atoms with E-state index in [9.17, 15) is 18.8 Å². The molecule has 0 saturated heterocycles. The lowest BCUT2D eigenvalue weighted by molar-refractivity contribution is -0.122. The highest BCUT2D eigenvalue weighted by Gasteiger charge is 2.20. The Kier molecular flexibility index (Phi) is 8.37. The van der Waals surface area contributed by atoms with E-state index in [2.05, 4.69) is 5.32 Å². The summed E-state index contributed by atoms with van der Waals surface area (Å²) in [4.78, 5) is 38.1. The molecule has 1 unspecified atom stereocenters. The zero-order valence-corrected chi connectivity index (χ0v) is 20.0. The van der Waals surface area contributed by atoms with Crippen LogP contribution in [0.25, 0.3) is 12.2 Å². The number of hydrogen-bond acceptors (Lipinski definition) is 4. The maximum Gasteiger partial charge on any atom is 0.269 e. The molecular formula is C23H28ClFN2O3S. The van der Waals surface area contributed by atoms with E-state index >= 15 is 0 Å². The van der Waals surface area contributed by atoms with Gasteiger partial charge in [0.1, 0.15) is 17.0 Å². The molecule has 0 bridgehead atoms. The number of thiazole rings is 1. The van der Waals surface area contributed by atoms with Gasteiger partial charge in [-0.15, -0.1) is 11.3 Å². The quantitative estimate of drug-likeness (QED) is 0.681. The maximum absolute atomic E-state index is 14.2. The zero-order chi connectivity index (χ0) is 23.3. The molecule has 1 amide bonds. The summed E-state index contributed by atoms with van der Waals surface area (Å²) in [6, 6.07) is 4.23. The van der Waals surface area contributed by atoms with Crippen LogP contribution in [0.1, 0.15) is 53.0 Å². The van der Waals surface area contributed by atoms with Crippen LogP contribution in [-0.2, 0) is 16.1 Å². The van der Waals surface area contributed by atoms with Gasteiger partial charge in [0.2, 0.25) is 5.91 Å². The minimum Gasteiger partial charge on any atom is -0.352 e. The Bertz CT molecular complexity index is 1120. The van der Waals surface area contributed by atoms with E-state index in [4.69, 9.17) is 11.6 Å². The minimum absolute atomic E-state index is 0.0290. The third kappa shape index (κ3) is 6.61. The number of benzene rings is 1. The van der Waals surface area contributed by atoms with Crippen molar-refractivity contribution in [2.24, 2.45) is 5.41 Å². The van der Waals surface area contributed by atoms with E-state index < -0.39 is 16.8 Å². The lowest BCUT2D eigenvalue weighted by atomic mass is 9.91. The van der Waals surface area contributed by atoms with Gasteiger partial charge < -0.3 is 5.32 Å². The first-order valence-corrected chi connectivity index (χ1v) is 11.3. The molecule has 1 atom stereocenters. The van der Waals surface area contributed by atoms with Crippen LogP contribution in [-0.4, -0.2) is 22.3 Å². The fraction of sp³-hybridized carbons (Fsp3) is 0.435. The number of carbonyl (C=O) groups is 2. The number of amides is 1. The molecule has 31 heavy (non-hydrogen) atoms. The molecule has 1 N–H and O–H groups in total. The molecule has 0 fully saturated rings. The molecular weight excluding hydrogens is 439 g/mol. The van der Waals surface area contributed by atoms with Crippen LogP contribution in [0, 0.1) is 11.2 Å². The Labute approximate surface area is 190 Å². The highest BCUT2D eigenvalue weighted by molar-refractivity contribution is 7.07. The molecule has 0 saturated carbocycles. The van der Waals surface area contributed by atoms with Crippen molar-refractivity contribution in [1.29, 1.82) is 0 Å². The summed E-state index contributed by atoms with van der Waals surface area (Å²) >= 11 is 7.12. The fourth-order valence-electron chi connectivity index (χ4n) is 2.87. The SMILES string of the molecule is CCCC(C)NC(=O)Cn1c(=CC(=O)C(C)(C)C)sc(=Cc2c(F)cccc2Cl)c1=O. The maximum atomic E-state index is 14.2. The highest BCUT2D eigenvalue weighted by atomic mass is 35.5. The number of carbonyl (C=O) groups excluding carboxylic acids is 2. The van der Waals surface area contributed by atoms with Gasteiger partial charge in [0.15, 0.2) is 5.78 Å². The molecule has 168 valence electrons. The van der Waals surface area contributed by atoms with Gasteiger partial charge in [-0.05, 0) is 31.6 Å². The van der Waals surface area contributed by atoms with Gasteiger partial charge >= 0.3 is 0 Å². The second-order valence-corrected chi connectivity index (χ2v) is 9.96. The number of Topliss-reactive ketones (excluding diaryl/α,β-unsaturated/α-hetero) is 1. The first kappa shape index (κ1) is 25.0. The predicted molar refractivity (Wildman–Crippen MR) is 124 cm³/mol. The van der Waals surface area contributed by atoms with Crippen LogP contribution in [0.3, 0.4) is 0 Å². The summed E-state index contributed by atoms with van der Waals surface area (Å²) in [6.07, 6.45) is 4.46. The topological polar surface area (TPSA) is 68.2 Å². The monoisotopic (exact) mass is 466 g/mol. The number of nitrogens with zero attached hydrogens (tertiary/aromatic N) is 1. The van der Waals surface area contributed by atoms with Crippen LogP contribution in [0.5, 0.6) is 0 Å². The Morgan fingerprint density at radius 2 is 2.00 bits per heavy atom. The predicted octanol–water partition coefficient (Wildman–Crippen LogP) is 3.23. The van der Waals surface area contributed by atoms with Gasteiger partial charge in [0.05, 0.1) is 9.55 Å². The first-order valence-electron chi connectivity index (χ1n) is 10.1. The summed E-state index contributed by atoms with van der Waals surface area (Å²) in [6.45, 7) is 9.00. The van der Waals surface area contributed by atoms with Crippen molar-refractivity contribution in [2.75, 3.05) is 0 Å². The summed E-state index contributed by atoms with van der Waals surface area (Å²) < 4.78 is 16.0. The summed E-state index contributed by atoms with van der Waals surface area (Å²) in [5, 5.41) is 3.03. The largest absolute Gasteiger partial charge is 0.352 e. The van der Waals surface area contributed by atoms with Crippen LogP contribution in [0.2, 0.25) is 5.02 Å². The molecule has 0 spiro atoms. The molecule has 2 rings (SSSR count). The van der Waals surface area contributed by atoms with Crippen molar-refractivity contribution in [2.45, 2.75) is 60.0 Å². The Hall–Kier alpha value is -2.25. The van der Waals surface area contributed by atoms with Gasteiger partial charge in [0.25, 0.3) is 5.56 Å². The van der Waals surface area contributed by atoms with Crippen LogP contribution in [0.4, 0.5) is 4.39 Å². The van der Waals surface area contributed by atoms with Gasteiger partial charge in [-0.3, -0.25) is 19.0 Å². The number of nitrogens with one attached hydrogen (secondary N) is 1. The number of hydrogen-bond donors (Lipinski definition) is 1. The summed E-state index contributed by atoms with van der Waals surface area (Å²) in [7, 11) is 0. The van der Waals surface area contributed by atoms with Gasteiger partial charge in [-0.2, -0.15) is 0 Å². The average Bonchev–Trinajstić information content (AvgIpc) is 2.93. The first-order chi connectivity index (χ1) is 14.4. The molecule has 2 aromatic rings. The van der Waals surface area contributed by atoms with E-state index in [0.717, 1.165) is 24.2 Å². The Morgan fingerprint density at radius 3 is 2.58 bits per heavy atom. The van der Waals surface area contributed by atoms with Gasteiger partial charge in [-0.25, -0.2) is 4.39 Å². The van der Waals surface area contributed by atoms with Crippen molar-refractivity contribution >= 4 is 46.8 Å². The lowest BCUT2D eigenvalue weighted by Gasteiger charge is -2.14. The summed E-state index contributed by atoms with van der Waals surface area (Å²) in [5.74, 6) is -1.07.